The first-order valence-electron chi connectivity index (χ1n) is 7.14. The molecular formula is C13H26N2O2S. The summed E-state index contributed by atoms with van der Waals surface area (Å²) >= 11 is 0. The van der Waals surface area contributed by atoms with E-state index in [1.165, 1.54) is 19.3 Å². The molecule has 4 nitrogen and oxygen atoms in total. The zero-order valence-electron chi connectivity index (χ0n) is 11.6. The van der Waals surface area contributed by atoms with E-state index in [1.807, 2.05) is 0 Å². The number of hydrogen-bond acceptors (Lipinski definition) is 4. The Kier molecular flexibility index (Phi) is 4.67. The fraction of sp³-hybridized carbons (Fsp3) is 1.00. The molecule has 0 amide bonds. The molecule has 18 heavy (non-hydrogen) atoms. The molecule has 3 atom stereocenters. The molecule has 0 spiro atoms. The molecule has 106 valence electrons. The van der Waals surface area contributed by atoms with Crippen molar-refractivity contribution in [2.24, 2.45) is 0 Å². The van der Waals surface area contributed by atoms with Crippen molar-refractivity contribution in [2.75, 3.05) is 25.1 Å². The Morgan fingerprint density at radius 1 is 1.33 bits per heavy atom. The molecule has 2 heterocycles. The van der Waals surface area contributed by atoms with E-state index in [4.69, 9.17) is 0 Å². The Labute approximate surface area is 111 Å². The second-order valence-corrected chi connectivity index (χ2v) is 8.18. The van der Waals surface area contributed by atoms with Crippen LogP contribution < -0.4 is 5.32 Å². The summed E-state index contributed by atoms with van der Waals surface area (Å²) in [5.41, 5.74) is 0. The molecule has 2 aliphatic rings. The monoisotopic (exact) mass is 274 g/mol. The van der Waals surface area contributed by atoms with Crippen LogP contribution in [0.3, 0.4) is 0 Å². The summed E-state index contributed by atoms with van der Waals surface area (Å²) in [6, 6.07) is 1.31. The van der Waals surface area contributed by atoms with Gasteiger partial charge in [0.05, 0.1) is 11.5 Å². The van der Waals surface area contributed by atoms with Crippen molar-refractivity contribution in [3.8, 4) is 0 Å². The van der Waals surface area contributed by atoms with Crippen LogP contribution in [-0.2, 0) is 9.84 Å². The van der Waals surface area contributed by atoms with Gasteiger partial charge in [0.15, 0.2) is 9.84 Å². The van der Waals surface area contributed by atoms with Gasteiger partial charge in [0.1, 0.15) is 0 Å². The second-order valence-electron chi connectivity index (χ2n) is 5.95. The zero-order chi connectivity index (χ0) is 13.2. The predicted molar refractivity (Wildman–Crippen MR) is 74.5 cm³/mol. The summed E-state index contributed by atoms with van der Waals surface area (Å²) in [6.45, 7) is 3.36. The molecule has 0 aromatic heterocycles. The molecule has 0 radical (unpaired) electrons. The summed E-state index contributed by atoms with van der Waals surface area (Å²) < 4.78 is 23.0. The van der Waals surface area contributed by atoms with Gasteiger partial charge in [-0.2, -0.15) is 0 Å². The topological polar surface area (TPSA) is 49.4 Å². The van der Waals surface area contributed by atoms with Gasteiger partial charge in [-0.1, -0.05) is 6.42 Å². The van der Waals surface area contributed by atoms with Crippen molar-refractivity contribution in [1.29, 1.82) is 0 Å². The van der Waals surface area contributed by atoms with Gasteiger partial charge in [-0.3, -0.25) is 4.90 Å². The lowest BCUT2D eigenvalue weighted by molar-refractivity contribution is 0.172. The fourth-order valence-electron chi connectivity index (χ4n) is 3.16. The number of sulfone groups is 1. The van der Waals surface area contributed by atoms with Crippen LogP contribution in [0.1, 0.15) is 39.0 Å². The van der Waals surface area contributed by atoms with Crippen molar-refractivity contribution in [3.63, 3.8) is 0 Å². The highest BCUT2D eigenvalue weighted by molar-refractivity contribution is 7.91. The van der Waals surface area contributed by atoms with Gasteiger partial charge in [-0.25, -0.2) is 8.42 Å². The molecule has 0 saturated carbocycles. The number of hydrogen-bond donors (Lipinski definition) is 1. The third-order valence-corrected chi connectivity index (χ3v) is 6.27. The Hall–Kier alpha value is -0.130. The lowest BCUT2D eigenvalue weighted by atomic mass is 9.97. The molecular weight excluding hydrogens is 248 g/mol. The number of piperidine rings is 1. The highest BCUT2D eigenvalue weighted by Gasteiger charge is 2.32. The van der Waals surface area contributed by atoms with E-state index in [-0.39, 0.29) is 6.04 Å². The highest BCUT2D eigenvalue weighted by atomic mass is 32.2. The van der Waals surface area contributed by atoms with Crippen LogP contribution in [0.25, 0.3) is 0 Å². The minimum Gasteiger partial charge on any atom is -0.314 e. The normalized spacial score (nSPS) is 33.7. The summed E-state index contributed by atoms with van der Waals surface area (Å²) in [5.74, 6) is 0.725. The van der Waals surface area contributed by atoms with Crippen molar-refractivity contribution >= 4 is 9.84 Å². The van der Waals surface area contributed by atoms with Crippen molar-refractivity contribution in [2.45, 2.75) is 57.2 Å². The number of nitrogens with zero attached hydrogens (tertiary/aromatic N) is 1. The maximum absolute atomic E-state index is 11.5. The molecule has 2 saturated heterocycles. The summed E-state index contributed by atoms with van der Waals surface area (Å²) in [6.07, 6.45) is 5.82. The first-order valence-corrected chi connectivity index (χ1v) is 8.96. The molecule has 3 unspecified atom stereocenters. The molecule has 1 N–H and O–H groups in total. The van der Waals surface area contributed by atoms with Crippen LogP contribution in [-0.4, -0.2) is 56.5 Å². The van der Waals surface area contributed by atoms with E-state index in [1.54, 1.807) is 0 Å². The minimum absolute atomic E-state index is 0.230. The summed E-state index contributed by atoms with van der Waals surface area (Å²) in [4.78, 5) is 2.28. The lowest BCUT2D eigenvalue weighted by Crippen LogP contribution is -2.44. The zero-order valence-corrected chi connectivity index (χ0v) is 12.4. The summed E-state index contributed by atoms with van der Waals surface area (Å²) in [5, 5.41) is 3.57. The van der Waals surface area contributed by atoms with Crippen LogP contribution in [0, 0.1) is 0 Å². The average molecular weight is 274 g/mol. The molecule has 2 rings (SSSR count). The van der Waals surface area contributed by atoms with E-state index in [0.29, 0.717) is 23.6 Å². The lowest BCUT2D eigenvalue weighted by Gasteiger charge is -2.34. The first kappa shape index (κ1) is 14.3. The molecule has 0 aromatic rings. The predicted octanol–water partition coefficient (Wildman–Crippen LogP) is 1.03. The quantitative estimate of drug-likeness (QED) is 0.832. The van der Waals surface area contributed by atoms with E-state index >= 15 is 0 Å². The van der Waals surface area contributed by atoms with Gasteiger partial charge in [-0.15, -0.1) is 0 Å². The van der Waals surface area contributed by atoms with Crippen LogP contribution in [0.2, 0.25) is 0 Å². The average Bonchev–Trinajstić information content (AvgIpc) is 2.70. The Balaban J connectivity index is 1.82. The van der Waals surface area contributed by atoms with Gasteiger partial charge in [0, 0.05) is 18.1 Å². The maximum atomic E-state index is 11.5. The molecule has 0 bridgehead atoms. The van der Waals surface area contributed by atoms with Crippen LogP contribution in [0.15, 0.2) is 0 Å². The SMILES string of the molecule is CC(CC1CCCCN1)N(C)C1CCS(=O)(=O)C1. The molecule has 2 aliphatic heterocycles. The van der Waals surface area contributed by atoms with Gasteiger partial charge < -0.3 is 5.32 Å². The second kappa shape index (κ2) is 5.88. The maximum Gasteiger partial charge on any atom is 0.151 e. The number of nitrogens with one attached hydrogen (secondary N) is 1. The van der Waals surface area contributed by atoms with Gasteiger partial charge >= 0.3 is 0 Å². The van der Waals surface area contributed by atoms with Crippen LogP contribution in [0.5, 0.6) is 0 Å². The van der Waals surface area contributed by atoms with Crippen molar-refractivity contribution < 1.29 is 8.42 Å². The Bertz CT molecular complexity index is 363. The van der Waals surface area contributed by atoms with E-state index < -0.39 is 9.84 Å². The van der Waals surface area contributed by atoms with E-state index in [0.717, 1.165) is 19.4 Å². The van der Waals surface area contributed by atoms with Gasteiger partial charge in [-0.05, 0) is 46.2 Å². The molecule has 5 heteroatoms. The third kappa shape index (κ3) is 3.68. The summed E-state index contributed by atoms with van der Waals surface area (Å²) in [7, 11) is -0.682. The van der Waals surface area contributed by atoms with E-state index in [9.17, 15) is 8.42 Å². The minimum atomic E-state index is -2.76. The Morgan fingerprint density at radius 2 is 2.11 bits per heavy atom. The molecule has 0 aromatic carbocycles. The molecule has 2 fully saturated rings. The first-order chi connectivity index (χ1) is 8.48. The fourth-order valence-corrected chi connectivity index (χ4v) is 4.95. The third-order valence-electron chi connectivity index (χ3n) is 4.52. The number of rotatable bonds is 4. The standard InChI is InChI=1S/C13H26N2O2S/c1-11(9-12-5-3-4-7-14-12)15(2)13-6-8-18(16,17)10-13/h11-14H,3-10H2,1-2H3. The van der Waals surface area contributed by atoms with E-state index in [2.05, 4.69) is 24.2 Å². The largest absolute Gasteiger partial charge is 0.314 e. The van der Waals surface area contributed by atoms with Crippen molar-refractivity contribution in [3.05, 3.63) is 0 Å². The van der Waals surface area contributed by atoms with Gasteiger partial charge in [0.25, 0.3) is 0 Å². The van der Waals surface area contributed by atoms with Crippen LogP contribution >= 0.6 is 0 Å². The smallest absolute Gasteiger partial charge is 0.151 e. The van der Waals surface area contributed by atoms with Gasteiger partial charge in [0.2, 0.25) is 0 Å². The highest BCUT2D eigenvalue weighted by Crippen LogP contribution is 2.21. The van der Waals surface area contributed by atoms with Crippen LogP contribution in [0.4, 0.5) is 0 Å². The van der Waals surface area contributed by atoms with Crippen molar-refractivity contribution in [1.82, 2.24) is 10.2 Å². The Morgan fingerprint density at radius 3 is 2.67 bits per heavy atom. The molecule has 0 aliphatic carbocycles.